The van der Waals surface area contributed by atoms with Gasteiger partial charge in [0.05, 0.1) is 21.0 Å². The molecule has 23 heavy (non-hydrogen) atoms. The summed E-state index contributed by atoms with van der Waals surface area (Å²) in [5.41, 5.74) is 7.05. The lowest BCUT2D eigenvalue weighted by atomic mass is 10.2. The van der Waals surface area contributed by atoms with Gasteiger partial charge in [-0.1, -0.05) is 23.5 Å². The zero-order chi connectivity index (χ0) is 16.4. The van der Waals surface area contributed by atoms with Gasteiger partial charge in [-0.2, -0.15) is 0 Å². The largest absolute Gasteiger partial charge is 0.397 e. The number of nitrogen functional groups attached to an aromatic ring is 1. The van der Waals surface area contributed by atoms with E-state index in [0.717, 1.165) is 27.8 Å². The molecule has 1 amide bonds. The highest BCUT2D eigenvalue weighted by molar-refractivity contribution is 7.29. The Morgan fingerprint density at radius 1 is 1.26 bits per heavy atom. The van der Waals surface area contributed by atoms with Crippen molar-refractivity contribution in [2.75, 3.05) is 29.0 Å². The number of benzene rings is 1. The normalized spacial score (nSPS) is 10.9. The summed E-state index contributed by atoms with van der Waals surface area (Å²) in [6, 6.07) is 9.14. The molecule has 0 aliphatic rings. The van der Waals surface area contributed by atoms with Crippen LogP contribution in [0.1, 0.15) is 23.5 Å². The highest BCUT2D eigenvalue weighted by Crippen LogP contribution is 2.35. The van der Waals surface area contributed by atoms with Crippen LogP contribution >= 0.6 is 22.7 Å². The van der Waals surface area contributed by atoms with Gasteiger partial charge in [0.2, 0.25) is 0 Å². The van der Waals surface area contributed by atoms with Crippen molar-refractivity contribution in [2.24, 2.45) is 0 Å². The number of carbonyl (C=O) groups excluding carboxylic acids is 1. The molecule has 0 saturated carbocycles. The molecule has 0 spiro atoms. The number of fused-ring (bicyclic) bond motifs is 1. The second-order valence-electron chi connectivity index (χ2n) is 4.99. The standard InChI is InChI=1S/C16H18N4OS2/c1-3-20(4-2)16-19-15-13(23-16)9-12(22-15)14(21)18-11-8-6-5-7-10(11)17/h5-9H,3-4,17H2,1-2H3,(H,18,21). The molecule has 0 bridgehead atoms. The first-order chi connectivity index (χ1) is 11.1. The number of carbonyl (C=O) groups is 1. The van der Waals surface area contributed by atoms with Gasteiger partial charge in [-0.05, 0) is 32.0 Å². The third-order valence-corrected chi connectivity index (χ3v) is 5.76. The van der Waals surface area contributed by atoms with Gasteiger partial charge in [-0.25, -0.2) is 4.98 Å². The maximum Gasteiger partial charge on any atom is 0.265 e. The number of thiophene rings is 1. The van der Waals surface area contributed by atoms with Crippen LogP contribution in [0.5, 0.6) is 0 Å². The number of nitrogens with one attached hydrogen (secondary N) is 1. The fourth-order valence-corrected chi connectivity index (χ4v) is 4.49. The first-order valence-electron chi connectivity index (χ1n) is 7.43. The Kier molecular flexibility index (Phi) is 4.49. The van der Waals surface area contributed by atoms with E-state index in [0.29, 0.717) is 16.3 Å². The van der Waals surface area contributed by atoms with E-state index >= 15 is 0 Å². The van der Waals surface area contributed by atoms with Crippen LogP contribution in [-0.4, -0.2) is 24.0 Å². The summed E-state index contributed by atoms with van der Waals surface area (Å²) in [6.07, 6.45) is 0. The molecule has 3 N–H and O–H groups in total. The summed E-state index contributed by atoms with van der Waals surface area (Å²) in [4.78, 5) is 20.8. The van der Waals surface area contributed by atoms with Gasteiger partial charge in [-0.3, -0.25) is 4.79 Å². The molecule has 0 aliphatic carbocycles. The van der Waals surface area contributed by atoms with Gasteiger partial charge in [0.1, 0.15) is 4.83 Å². The van der Waals surface area contributed by atoms with Crippen LogP contribution in [-0.2, 0) is 0 Å². The Bertz CT molecular complexity index is 804. The predicted octanol–water partition coefficient (Wildman–Crippen LogP) is 4.04. The van der Waals surface area contributed by atoms with Crippen LogP contribution < -0.4 is 16.0 Å². The third kappa shape index (κ3) is 3.16. The molecule has 120 valence electrons. The highest BCUT2D eigenvalue weighted by atomic mass is 32.1. The molecule has 0 radical (unpaired) electrons. The number of nitrogens with two attached hydrogens (primary N) is 1. The fourth-order valence-electron chi connectivity index (χ4n) is 2.26. The molecule has 2 aromatic heterocycles. The van der Waals surface area contributed by atoms with Crippen LogP contribution in [0.3, 0.4) is 0 Å². The summed E-state index contributed by atoms with van der Waals surface area (Å²) in [5, 5.41) is 3.86. The van der Waals surface area contributed by atoms with Gasteiger partial charge in [0, 0.05) is 13.1 Å². The first kappa shape index (κ1) is 15.8. The molecule has 2 heterocycles. The summed E-state index contributed by atoms with van der Waals surface area (Å²) in [7, 11) is 0. The fraction of sp³-hybridized carbons (Fsp3) is 0.250. The van der Waals surface area contributed by atoms with Crippen LogP contribution in [0.25, 0.3) is 9.53 Å². The van der Waals surface area contributed by atoms with Crippen molar-refractivity contribution in [3.05, 3.63) is 35.2 Å². The van der Waals surface area contributed by atoms with Crippen molar-refractivity contribution in [3.63, 3.8) is 0 Å². The molecule has 3 rings (SSSR count). The number of amides is 1. The van der Waals surface area contributed by atoms with Crippen molar-refractivity contribution >= 4 is 54.6 Å². The molecule has 5 nitrogen and oxygen atoms in total. The average molecular weight is 346 g/mol. The number of anilines is 3. The second kappa shape index (κ2) is 6.55. The molecule has 0 saturated heterocycles. The molecule has 7 heteroatoms. The van der Waals surface area contributed by atoms with Crippen molar-refractivity contribution in [3.8, 4) is 0 Å². The van der Waals surface area contributed by atoms with E-state index in [9.17, 15) is 4.79 Å². The van der Waals surface area contributed by atoms with E-state index < -0.39 is 0 Å². The van der Waals surface area contributed by atoms with Gasteiger partial charge in [-0.15, -0.1) is 11.3 Å². The molecule has 3 aromatic rings. The SMILES string of the molecule is CCN(CC)c1nc2sc(C(=O)Nc3ccccc3N)cc2s1. The molecular weight excluding hydrogens is 328 g/mol. The van der Waals surface area contributed by atoms with Crippen molar-refractivity contribution in [1.82, 2.24) is 4.98 Å². The van der Waals surface area contributed by atoms with Gasteiger partial charge < -0.3 is 16.0 Å². The monoisotopic (exact) mass is 346 g/mol. The number of nitrogens with zero attached hydrogens (tertiary/aromatic N) is 2. The zero-order valence-electron chi connectivity index (χ0n) is 13.0. The number of hydrogen-bond acceptors (Lipinski definition) is 6. The number of para-hydroxylation sites is 2. The smallest absolute Gasteiger partial charge is 0.265 e. The summed E-state index contributed by atoms with van der Waals surface area (Å²) >= 11 is 3.03. The van der Waals surface area contributed by atoms with E-state index in [4.69, 9.17) is 5.73 Å². The van der Waals surface area contributed by atoms with E-state index in [1.807, 2.05) is 18.2 Å². The summed E-state index contributed by atoms with van der Waals surface area (Å²) < 4.78 is 1.04. The van der Waals surface area contributed by atoms with Crippen molar-refractivity contribution in [2.45, 2.75) is 13.8 Å². The minimum atomic E-state index is -0.150. The zero-order valence-corrected chi connectivity index (χ0v) is 14.6. The lowest BCUT2D eigenvalue weighted by Crippen LogP contribution is -2.21. The Morgan fingerprint density at radius 2 is 2.00 bits per heavy atom. The number of thiazole rings is 1. The van der Waals surface area contributed by atoms with Gasteiger partial charge >= 0.3 is 0 Å². The van der Waals surface area contributed by atoms with Crippen LogP contribution in [0.2, 0.25) is 0 Å². The molecule has 0 fully saturated rings. The van der Waals surface area contributed by atoms with Crippen molar-refractivity contribution < 1.29 is 4.79 Å². The molecule has 0 aliphatic heterocycles. The number of hydrogen-bond donors (Lipinski definition) is 2. The molecule has 0 atom stereocenters. The number of rotatable bonds is 5. The third-order valence-electron chi connectivity index (χ3n) is 3.54. The maximum atomic E-state index is 12.4. The maximum absolute atomic E-state index is 12.4. The average Bonchev–Trinajstić information content (AvgIpc) is 3.10. The van der Waals surface area contributed by atoms with E-state index in [1.54, 1.807) is 23.5 Å². The minimum absolute atomic E-state index is 0.150. The van der Waals surface area contributed by atoms with Crippen LogP contribution in [0.4, 0.5) is 16.5 Å². The second-order valence-corrected chi connectivity index (χ2v) is 7.03. The van der Waals surface area contributed by atoms with Gasteiger partial charge in [0.15, 0.2) is 5.13 Å². The molecular formula is C16H18N4OS2. The Labute approximate surface area is 142 Å². The van der Waals surface area contributed by atoms with Crippen molar-refractivity contribution in [1.29, 1.82) is 0 Å². The van der Waals surface area contributed by atoms with Crippen LogP contribution in [0, 0.1) is 0 Å². The van der Waals surface area contributed by atoms with Crippen LogP contribution in [0.15, 0.2) is 30.3 Å². The quantitative estimate of drug-likeness (QED) is 0.684. The highest BCUT2D eigenvalue weighted by Gasteiger charge is 2.16. The lowest BCUT2D eigenvalue weighted by Gasteiger charge is -2.16. The molecule has 1 aromatic carbocycles. The Balaban J connectivity index is 1.82. The summed E-state index contributed by atoms with van der Waals surface area (Å²) in [6.45, 7) is 6.08. The first-order valence-corrected chi connectivity index (χ1v) is 9.06. The predicted molar refractivity (Wildman–Crippen MR) is 99.9 cm³/mol. The molecule has 0 unspecified atom stereocenters. The van der Waals surface area contributed by atoms with Gasteiger partial charge in [0.25, 0.3) is 5.91 Å². The topological polar surface area (TPSA) is 71.2 Å². The number of aromatic nitrogens is 1. The van der Waals surface area contributed by atoms with E-state index in [1.165, 1.54) is 11.3 Å². The minimum Gasteiger partial charge on any atom is -0.397 e. The Morgan fingerprint density at radius 3 is 2.65 bits per heavy atom. The Hall–Kier alpha value is -2.12. The lowest BCUT2D eigenvalue weighted by molar-refractivity contribution is 0.103. The van der Waals surface area contributed by atoms with E-state index in [-0.39, 0.29) is 5.91 Å². The summed E-state index contributed by atoms with van der Waals surface area (Å²) in [5.74, 6) is -0.150. The van der Waals surface area contributed by atoms with E-state index in [2.05, 4.69) is 29.0 Å².